The Morgan fingerprint density at radius 3 is 2.65 bits per heavy atom. The van der Waals surface area contributed by atoms with Gasteiger partial charge in [0.1, 0.15) is 5.75 Å². The molecule has 0 amide bonds. The molecule has 0 saturated heterocycles. The topological polar surface area (TPSA) is 73.9 Å². The summed E-state index contributed by atoms with van der Waals surface area (Å²) in [7, 11) is 0. The van der Waals surface area contributed by atoms with Crippen LogP contribution in [0, 0.1) is 6.92 Å². The highest BCUT2D eigenvalue weighted by Crippen LogP contribution is 2.29. The Balaban J connectivity index is 1.86. The van der Waals surface area contributed by atoms with Crippen LogP contribution in [0.4, 0.5) is 13.2 Å². The first-order valence-electron chi connectivity index (χ1n) is 6.41. The highest BCUT2D eigenvalue weighted by Gasteiger charge is 2.33. The Bertz CT molecular complexity index is 833. The summed E-state index contributed by atoms with van der Waals surface area (Å²) in [6, 6.07) is 6.83. The molecule has 0 aliphatic rings. The van der Waals surface area contributed by atoms with Gasteiger partial charge in [0, 0.05) is 18.7 Å². The lowest BCUT2D eigenvalue weighted by atomic mass is 10.2. The lowest BCUT2D eigenvalue weighted by molar-refractivity contribution is -0.141. The Kier molecular flexibility index (Phi) is 3.68. The van der Waals surface area contributed by atoms with E-state index in [0.717, 1.165) is 12.3 Å². The maximum absolute atomic E-state index is 12.6. The van der Waals surface area contributed by atoms with Crippen molar-refractivity contribution in [2.24, 2.45) is 0 Å². The van der Waals surface area contributed by atoms with E-state index in [1.54, 1.807) is 31.2 Å². The number of halogens is 3. The molecule has 118 valence electrons. The third-order valence-electron chi connectivity index (χ3n) is 2.75. The van der Waals surface area contributed by atoms with Crippen LogP contribution in [-0.2, 0) is 6.18 Å². The van der Waals surface area contributed by atoms with Crippen molar-refractivity contribution in [3.8, 4) is 23.1 Å². The number of hydrogen-bond donors (Lipinski definition) is 0. The molecule has 0 saturated carbocycles. The smallest absolute Gasteiger partial charge is 0.424 e. The third-order valence-corrected chi connectivity index (χ3v) is 2.75. The predicted molar refractivity (Wildman–Crippen MR) is 71.6 cm³/mol. The molecule has 9 heteroatoms. The Morgan fingerprint density at radius 1 is 1.13 bits per heavy atom. The number of aryl methyl sites for hydroxylation is 1. The third kappa shape index (κ3) is 3.44. The fourth-order valence-corrected chi connectivity index (χ4v) is 1.77. The summed E-state index contributed by atoms with van der Waals surface area (Å²) in [4.78, 5) is 11.1. The molecule has 0 unspecified atom stereocenters. The van der Waals surface area contributed by atoms with E-state index in [0.29, 0.717) is 17.3 Å². The van der Waals surface area contributed by atoms with Crippen molar-refractivity contribution in [3.63, 3.8) is 0 Å². The van der Waals surface area contributed by atoms with Gasteiger partial charge in [-0.1, -0.05) is 17.3 Å². The van der Waals surface area contributed by atoms with Gasteiger partial charge < -0.3 is 9.26 Å². The van der Waals surface area contributed by atoms with Crippen LogP contribution in [0.3, 0.4) is 0 Å². The quantitative estimate of drug-likeness (QED) is 0.733. The van der Waals surface area contributed by atoms with Crippen molar-refractivity contribution in [3.05, 3.63) is 48.1 Å². The SMILES string of the molecule is Cc1nc(-c2cccc(Oc3nccc(C(F)(F)F)n3)c2)no1. The van der Waals surface area contributed by atoms with E-state index < -0.39 is 17.9 Å². The summed E-state index contributed by atoms with van der Waals surface area (Å²) in [5.41, 5.74) is -0.487. The fourth-order valence-electron chi connectivity index (χ4n) is 1.77. The normalized spacial score (nSPS) is 11.5. The first kappa shape index (κ1) is 14.9. The number of alkyl halides is 3. The lowest BCUT2D eigenvalue weighted by Gasteiger charge is -2.08. The van der Waals surface area contributed by atoms with Gasteiger partial charge in [-0.3, -0.25) is 0 Å². The largest absolute Gasteiger partial charge is 0.433 e. The summed E-state index contributed by atoms with van der Waals surface area (Å²) in [5.74, 6) is 0.995. The van der Waals surface area contributed by atoms with Crippen molar-refractivity contribution >= 4 is 0 Å². The van der Waals surface area contributed by atoms with Gasteiger partial charge in [-0.05, 0) is 18.2 Å². The minimum absolute atomic E-state index is 0.254. The number of ether oxygens (including phenoxy) is 1. The van der Waals surface area contributed by atoms with E-state index in [1.165, 1.54) is 0 Å². The van der Waals surface area contributed by atoms with Gasteiger partial charge in [0.05, 0.1) is 0 Å². The van der Waals surface area contributed by atoms with E-state index in [2.05, 4.69) is 20.1 Å². The summed E-state index contributed by atoms with van der Waals surface area (Å²) < 4.78 is 48.0. The molecule has 1 aromatic carbocycles. The number of nitrogens with zero attached hydrogens (tertiary/aromatic N) is 4. The van der Waals surface area contributed by atoms with Crippen molar-refractivity contribution in [2.45, 2.75) is 13.1 Å². The number of aromatic nitrogens is 4. The van der Waals surface area contributed by atoms with Crippen molar-refractivity contribution in [2.75, 3.05) is 0 Å². The summed E-state index contributed by atoms with van der Waals surface area (Å²) >= 11 is 0. The highest BCUT2D eigenvalue weighted by atomic mass is 19.4. The molecule has 3 aromatic rings. The van der Waals surface area contributed by atoms with E-state index >= 15 is 0 Å². The van der Waals surface area contributed by atoms with Crippen LogP contribution in [0.5, 0.6) is 11.8 Å². The van der Waals surface area contributed by atoms with Crippen LogP contribution >= 0.6 is 0 Å². The number of benzene rings is 1. The Hall–Kier alpha value is -2.97. The molecule has 0 aliphatic heterocycles. The summed E-state index contributed by atoms with van der Waals surface area (Å²) in [5, 5.41) is 3.76. The fraction of sp³-hybridized carbons (Fsp3) is 0.143. The molecule has 2 aromatic heterocycles. The molecule has 23 heavy (non-hydrogen) atoms. The second-order valence-corrected chi connectivity index (χ2v) is 4.49. The predicted octanol–water partition coefficient (Wildman–Crippen LogP) is 3.65. The van der Waals surface area contributed by atoms with Crippen molar-refractivity contribution < 1.29 is 22.4 Å². The zero-order valence-corrected chi connectivity index (χ0v) is 11.7. The molecule has 0 spiro atoms. The van der Waals surface area contributed by atoms with Gasteiger partial charge in [-0.2, -0.15) is 23.1 Å². The molecule has 0 radical (unpaired) electrons. The first-order chi connectivity index (χ1) is 10.9. The Labute approximate surface area is 128 Å². The van der Waals surface area contributed by atoms with Gasteiger partial charge in [0.15, 0.2) is 5.69 Å². The average molecular weight is 322 g/mol. The number of rotatable bonds is 3. The molecule has 0 bridgehead atoms. The van der Waals surface area contributed by atoms with Crippen LogP contribution in [0.15, 0.2) is 41.1 Å². The minimum atomic E-state index is -4.56. The standard InChI is InChI=1S/C14H9F3N4O2/c1-8-19-12(21-23-8)9-3-2-4-10(7-9)22-13-18-6-5-11(20-13)14(15,16)17/h2-7H,1H3. The molecule has 0 fully saturated rings. The lowest BCUT2D eigenvalue weighted by Crippen LogP contribution is -2.08. The zero-order valence-electron chi connectivity index (χ0n) is 11.7. The van der Waals surface area contributed by atoms with Crippen molar-refractivity contribution in [1.29, 1.82) is 0 Å². The summed E-state index contributed by atoms with van der Waals surface area (Å²) in [6.07, 6.45) is -3.58. The van der Waals surface area contributed by atoms with Gasteiger partial charge in [-0.15, -0.1) is 0 Å². The van der Waals surface area contributed by atoms with E-state index in [-0.39, 0.29) is 5.75 Å². The molecule has 3 rings (SSSR count). The van der Waals surface area contributed by atoms with Crippen LogP contribution in [0.25, 0.3) is 11.4 Å². The van der Waals surface area contributed by atoms with Crippen LogP contribution in [0.2, 0.25) is 0 Å². The second-order valence-electron chi connectivity index (χ2n) is 4.49. The van der Waals surface area contributed by atoms with Crippen LogP contribution in [-0.4, -0.2) is 20.1 Å². The molecule has 0 N–H and O–H groups in total. The molecular formula is C14H9F3N4O2. The maximum atomic E-state index is 12.6. The van der Waals surface area contributed by atoms with E-state index in [1.807, 2.05) is 0 Å². The molecule has 0 aliphatic carbocycles. The molecular weight excluding hydrogens is 313 g/mol. The van der Waals surface area contributed by atoms with E-state index in [4.69, 9.17) is 9.26 Å². The van der Waals surface area contributed by atoms with Crippen LogP contribution in [0.1, 0.15) is 11.6 Å². The Morgan fingerprint density at radius 2 is 1.96 bits per heavy atom. The van der Waals surface area contributed by atoms with Gasteiger partial charge in [0.2, 0.25) is 11.7 Å². The summed E-state index contributed by atoms with van der Waals surface area (Å²) in [6.45, 7) is 1.65. The molecule has 0 atom stereocenters. The van der Waals surface area contributed by atoms with E-state index in [9.17, 15) is 13.2 Å². The highest BCUT2D eigenvalue weighted by molar-refractivity contribution is 5.57. The molecule has 2 heterocycles. The van der Waals surface area contributed by atoms with Gasteiger partial charge >= 0.3 is 12.2 Å². The molecule has 6 nitrogen and oxygen atoms in total. The van der Waals surface area contributed by atoms with Gasteiger partial charge in [-0.25, -0.2) is 4.98 Å². The van der Waals surface area contributed by atoms with Gasteiger partial charge in [0.25, 0.3) is 0 Å². The second kappa shape index (κ2) is 5.67. The maximum Gasteiger partial charge on any atom is 0.433 e. The first-order valence-corrected chi connectivity index (χ1v) is 6.41. The zero-order chi connectivity index (χ0) is 16.4. The van der Waals surface area contributed by atoms with Crippen molar-refractivity contribution in [1.82, 2.24) is 20.1 Å². The number of hydrogen-bond acceptors (Lipinski definition) is 6. The minimum Gasteiger partial charge on any atom is -0.424 e. The monoisotopic (exact) mass is 322 g/mol. The van der Waals surface area contributed by atoms with Crippen LogP contribution < -0.4 is 4.74 Å². The average Bonchev–Trinajstić information content (AvgIpc) is 2.94.